The number of fused-ring (bicyclic) bond motifs is 1. The van der Waals surface area contributed by atoms with E-state index in [1.165, 1.54) is 16.5 Å². The van der Waals surface area contributed by atoms with Crippen LogP contribution in [0.15, 0.2) is 114 Å². The van der Waals surface area contributed by atoms with E-state index in [1.54, 1.807) is 0 Å². The molecule has 5 aromatic rings. The van der Waals surface area contributed by atoms with Crippen LogP contribution in [0.5, 0.6) is 0 Å². The molecule has 1 aromatic heterocycles. The minimum absolute atomic E-state index is 0.664. The van der Waals surface area contributed by atoms with E-state index in [0.29, 0.717) is 17.5 Å². The number of halogens is 1. The molecule has 0 atom stereocenters. The van der Waals surface area contributed by atoms with Crippen LogP contribution in [0.4, 0.5) is 0 Å². The molecule has 0 saturated heterocycles. The van der Waals surface area contributed by atoms with Crippen LogP contribution < -0.4 is 0 Å². The number of hydrogen-bond donors (Lipinski definition) is 0. The van der Waals surface area contributed by atoms with E-state index >= 15 is 0 Å². The zero-order valence-electron chi connectivity index (χ0n) is 19.0. The van der Waals surface area contributed by atoms with Gasteiger partial charge < -0.3 is 0 Å². The molecule has 0 amide bonds. The maximum atomic E-state index is 6.22. The van der Waals surface area contributed by atoms with E-state index < -0.39 is 0 Å². The van der Waals surface area contributed by atoms with Gasteiger partial charge in [0.05, 0.1) is 0 Å². The molecule has 0 spiro atoms. The van der Waals surface area contributed by atoms with E-state index in [4.69, 9.17) is 26.6 Å². The van der Waals surface area contributed by atoms with Crippen molar-refractivity contribution in [3.05, 3.63) is 120 Å². The third kappa shape index (κ3) is 4.27. The number of benzene rings is 4. The Morgan fingerprint density at radius 1 is 0.486 bits per heavy atom. The molecule has 0 N–H and O–H groups in total. The molecule has 0 fully saturated rings. The van der Waals surface area contributed by atoms with Crippen LogP contribution in [0.1, 0.15) is 18.4 Å². The first-order valence-corrected chi connectivity index (χ1v) is 12.1. The lowest BCUT2D eigenvalue weighted by molar-refractivity contribution is 1.04. The third-order valence-corrected chi connectivity index (χ3v) is 6.62. The zero-order valence-corrected chi connectivity index (χ0v) is 19.8. The van der Waals surface area contributed by atoms with Crippen molar-refractivity contribution in [3.8, 4) is 34.2 Å². The molecule has 6 rings (SSSR count). The van der Waals surface area contributed by atoms with Gasteiger partial charge in [0.2, 0.25) is 0 Å². The summed E-state index contributed by atoms with van der Waals surface area (Å²) < 4.78 is 0. The van der Waals surface area contributed by atoms with E-state index in [-0.39, 0.29) is 0 Å². The first-order valence-electron chi connectivity index (χ1n) is 11.7. The van der Waals surface area contributed by atoms with Crippen molar-refractivity contribution >= 4 is 27.9 Å². The second kappa shape index (κ2) is 9.28. The Kier molecular flexibility index (Phi) is 5.69. The number of aromatic nitrogens is 3. The predicted molar refractivity (Wildman–Crippen MR) is 145 cm³/mol. The van der Waals surface area contributed by atoms with Gasteiger partial charge in [0.25, 0.3) is 0 Å². The molecule has 3 nitrogen and oxygen atoms in total. The fourth-order valence-electron chi connectivity index (χ4n) is 4.54. The number of allylic oxidation sites excluding steroid dienone is 4. The molecular weight excluding hydrogens is 450 g/mol. The van der Waals surface area contributed by atoms with Crippen LogP contribution >= 0.6 is 11.6 Å². The summed E-state index contributed by atoms with van der Waals surface area (Å²) in [6.45, 7) is 0. The number of rotatable bonds is 4. The Bertz CT molecular complexity index is 1530. The lowest BCUT2D eigenvalue weighted by atomic mass is 9.91. The summed E-state index contributed by atoms with van der Waals surface area (Å²) in [4.78, 5) is 14.7. The quantitative estimate of drug-likeness (QED) is 0.264. The van der Waals surface area contributed by atoms with Crippen LogP contribution in [0.2, 0.25) is 0 Å². The average molecular weight is 472 g/mol. The highest BCUT2D eigenvalue weighted by molar-refractivity contribution is 6.30. The van der Waals surface area contributed by atoms with Crippen LogP contribution in [-0.4, -0.2) is 15.0 Å². The van der Waals surface area contributed by atoms with Crippen LogP contribution in [-0.2, 0) is 0 Å². The molecule has 0 unspecified atom stereocenters. The predicted octanol–water partition coefficient (Wildman–Crippen LogP) is 8.33. The van der Waals surface area contributed by atoms with Crippen molar-refractivity contribution in [1.82, 2.24) is 15.0 Å². The SMILES string of the molecule is ClC1=CC=C(c2ccc(-c3nc(-c4ccccc4)nc(-c4ccccc4)n3)c3ccccc23)CC1. The van der Waals surface area contributed by atoms with Gasteiger partial charge >= 0.3 is 0 Å². The third-order valence-electron chi connectivity index (χ3n) is 6.31. The molecular formula is C31H22ClN3. The molecule has 4 heteroatoms. The Labute approximate surface area is 209 Å². The summed E-state index contributed by atoms with van der Waals surface area (Å²) in [6, 6.07) is 32.9. The van der Waals surface area contributed by atoms with Crippen LogP contribution in [0.25, 0.3) is 50.5 Å². The van der Waals surface area contributed by atoms with Crippen LogP contribution in [0, 0.1) is 0 Å². The van der Waals surface area contributed by atoms with Gasteiger partial charge in [-0.05, 0) is 46.9 Å². The van der Waals surface area contributed by atoms with Gasteiger partial charge in [0.15, 0.2) is 17.5 Å². The van der Waals surface area contributed by atoms with Gasteiger partial charge in [-0.3, -0.25) is 0 Å². The van der Waals surface area contributed by atoms with Gasteiger partial charge in [-0.1, -0.05) is 109 Å². The minimum Gasteiger partial charge on any atom is -0.208 e. The Morgan fingerprint density at radius 2 is 1.00 bits per heavy atom. The second-order valence-corrected chi connectivity index (χ2v) is 9.04. The molecule has 1 aliphatic carbocycles. The highest BCUT2D eigenvalue weighted by atomic mass is 35.5. The minimum atomic E-state index is 0.664. The molecule has 0 saturated carbocycles. The van der Waals surface area contributed by atoms with Crippen molar-refractivity contribution < 1.29 is 0 Å². The van der Waals surface area contributed by atoms with E-state index in [1.807, 2.05) is 66.7 Å². The molecule has 35 heavy (non-hydrogen) atoms. The van der Waals surface area contributed by atoms with E-state index in [0.717, 1.165) is 40.0 Å². The summed E-state index contributed by atoms with van der Waals surface area (Å²) in [7, 11) is 0. The standard InChI is InChI=1S/C31H22ClN3/c32-24-17-15-21(16-18-24)25-19-20-28(27-14-8-7-13-26(25)27)31-34-29(22-9-3-1-4-10-22)33-30(35-31)23-11-5-2-6-12-23/h1-15,17,19-20H,16,18H2. The number of hydrogen-bond acceptors (Lipinski definition) is 3. The van der Waals surface area contributed by atoms with Gasteiger partial charge in [-0.25, -0.2) is 15.0 Å². The highest BCUT2D eigenvalue weighted by Crippen LogP contribution is 2.37. The van der Waals surface area contributed by atoms with Crippen molar-refractivity contribution in [3.63, 3.8) is 0 Å². The lowest BCUT2D eigenvalue weighted by Crippen LogP contribution is -2.01. The maximum absolute atomic E-state index is 6.22. The summed E-state index contributed by atoms with van der Waals surface area (Å²) in [5.74, 6) is 2.00. The molecule has 0 aliphatic heterocycles. The molecule has 0 bridgehead atoms. The smallest absolute Gasteiger partial charge is 0.164 e. The lowest BCUT2D eigenvalue weighted by Gasteiger charge is -2.16. The largest absolute Gasteiger partial charge is 0.208 e. The van der Waals surface area contributed by atoms with Gasteiger partial charge in [0, 0.05) is 21.7 Å². The molecule has 1 heterocycles. The summed E-state index contributed by atoms with van der Waals surface area (Å²) in [5, 5.41) is 3.21. The van der Waals surface area contributed by atoms with Crippen LogP contribution in [0.3, 0.4) is 0 Å². The van der Waals surface area contributed by atoms with Crippen molar-refractivity contribution in [2.45, 2.75) is 12.8 Å². The van der Waals surface area contributed by atoms with E-state index in [2.05, 4.69) is 42.5 Å². The van der Waals surface area contributed by atoms with Crippen molar-refractivity contribution in [2.24, 2.45) is 0 Å². The number of nitrogens with zero attached hydrogens (tertiary/aromatic N) is 3. The average Bonchev–Trinajstić information content (AvgIpc) is 2.94. The Balaban J connectivity index is 1.57. The topological polar surface area (TPSA) is 38.7 Å². The van der Waals surface area contributed by atoms with E-state index in [9.17, 15) is 0 Å². The van der Waals surface area contributed by atoms with Crippen molar-refractivity contribution in [1.29, 1.82) is 0 Å². The fraction of sp³-hybridized carbons (Fsp3) is 0.0645. The van der Waals surface area contributed by atoms with Crippen molar-refractivity contribution in [2.75, 3.05) is 0 Å². The van der Waals surface area contributed by atoms with Gasteiger partial charge in [-0.2, -0.15) is 0 Å². The Hall–Kier alpha value is -4.08. The van der Waals surface area contributed by atoms with Gasteiger partial charge in [-0.15, -0.1) is 0 Å². The summed E-state index contributed by atoms with van der Waals surface area (Å²) >= 11 is 6.22. The Morgan fingerprint density at radius 3 is 1.57 bits per heavy atom. The summed E-state index contributed by atoms with van der Waals surface area (Å²) in [5.41, 5.74) is 5.44. The molecule has 4 aromatic carbocycles. The molecule has 1 aliphatic rings. The fourth-order valence-corrected chi connectivity index (χ4v) is 4.70. The first-order chi connectivity index (χ1) is 17.3. The zero-order chi connectivity index (χ0) is 23.6. The molecule has 168 valence electrons. The van der Waals surface area contributed by atoms with Gasteiger partial charge in [0.1, 0.15) is 0 Å². The summed E-state index contributed by atoms with van der Waals surface area (Å²) in [6.07, 6.45) is 5.95. The first kappa shape index (κ1) is 21.5. The monoisotopic (exact) mass is 471 g/mol. The highest BCUT2D eigenvalue weighted by Gasteiger charge is 2.17. The molecule has 0 radical (unpaired) electrons. The normalized spacial score (nSPS) is 13.4. The second-order valence-electron chi connectivity index (χ2n) is 8.55. The maximum Gasteiger partial charge on any atom is 0.164 e.